The van der Waals surface area contributed by atoms with Crippen LogP contribution in [0.3, 0.4) is 0 Å². The second-order valence-corrected chi connectivity index (χ2v) is 4.46. The molecule has 3 rings (SSSR count). The van der Waals surface area contributed by atoms with Crippen LogP contribution in [0, 0.1) is 6.92 Å². The van der Waals surface area contributed by atoms with Crippen molar-refractivity contribution in [3.05, 3.63) is 36.5 Å². The smallest absolute Gasteiger partial charge is 0.192 e. The summed E-state index contributed by atoms with van der Waals surface area (Å²) in [5, 5.41) is 3.00. The SMILES string of the molecule is CNc1cc(N(C)c2ccc3oc(C)nc3c2)ncn1. The maximum absolute atomic E-state index is 5.48. The highest BCUT2D eigenvalue weighted by Gasteiger charge is 2.09. The van der Waals surface area contributed by atoms with Gasteiger partial charge < -0.3 is 14.6 Å². The highest BCUT2D eigenvalue weighted by Crippen LogP contribution is 2.26. The van der Waals surface area contributed by atoms with Crippen molar-refractivity contribution >= 4 is 28.4 Å². The van der Waals surface area contributed by atoms with Crippen LogP contribution in [0.15, 0.2) is 35.0 Å². The third-order valence-corrected chi connectivity index (χ3v) is 3.12. The average Bonchev–Trinajstić information content (AvgIpc) is 2.85. The maximum Gasteiger partial charge on any atom is 0.192 e. The van der Waals surface area contributed by atoms with Crippen LogP contribution in [0.25, 0.3) is 11.1 Å². The number of fused-ring (bicyclic) bond motifs is 1. The normalized spacial score (nSPS) is 10.8. The Bertz CT molecular complexity index is 752. The van der Waals surface area contributed by atoms with E-state index in [1.54, 1.807) is 0 Å². The molecule has 2 aromatic heterocycles. The van der Waals surface area contributed by atoms with Gasteiger partial charge in [-0.05, 0) is 18.2 Å². The van der Waals surface area contributed by atoms with Crippen molar-refractivity contribution in [2.45, 2.75) is 6.92 Å². The first-order valence-electron chi connectivity index (χ1n) is 6.28. The lowest BCUT2D eigenvalue weighted by molar-refractivity contribution is 0.561. The molecule has 0 saturated carbocycles. The van der Waals surface area contributed by atoms with Crippen molar-refractivity contribution in [2.75, 3.05) is 24.3 Å². The molecule has 0 aliphatic heterocycles. The second-order valence-electron chi connectivity index (χ2n) is 4.46. The molecule has 0 bridgehead atoms. The van der Waals surface area contributed by atoms with Gasteiger partial charge in [0.1, 0.15) is 23.5 Å². The van der Waals surface area contributed by atoms with Crippen molar-refractivity contribution < 1.29 is 4.42 Å². The number of nitrogens with zero attached hydrogens (tertiary/aromatic N) is 4. The lowest BCUT2D eigenvalue weighted by Gasteiger charge is -2.18. The minimum absolute atomic E-state index is 0.666. The van der Waals surface area contributed by atoms with Gasteiger partial charge >= 0.3 is 0 Å². The van der Waals surface area contributed by atoms with E-state index in [1.165, 1.54) is 6.33 Å². The molecule has 20 heavy (non-hydrogen) atoms. The highest BCUT2D eigenvalue weighted by molar-refractivity contribution is 5.79. The van der Waals surface area contributed by atoms with Crippen molar-refractivity contribution in [1.29, 1.82) is 0 Å². The van der Waals surface area contributed by atoms with Gasteiger partial charge in [-0.25, -0.2) is 15.0 Å². The molecule has 102 valence electrons. The summed E-state index contributed by atoms with van der Waals surface area (Å²) in [4.78, 5) is 14.7. The predicted molar refractivity (Wildman–Crippen MR) is 78.4 cm³/mol. The maximum atomic E-state index is 5.48. The number of rotatable bonds is 3. The molecule has 0 saturated heterocycles. The lowest BCUT2D eigenvalue weighted by atomic mass is 10.2. The first kappa shape index (κ1) is 12.4. The molecule has 6 heteroatoms. The van der Waals surface area contributed by atoms with E-state index in [4.69, 9.17) is 4.42 Å². The number of aromatic nitrogens is 3. The molecule has 3 aromatic rings. The number of anilines is 3. The van der Waals surface area contributed by atoms with Crippen LogP contribution in [0.2, 0.25) is 0 Å². The largest absolute Gasteiger partial charge is 0.441 e. The van der Waals surface area contributed by atoms with Crippen molar-refractivity contribution in [3.63, 3.8) is 0 Å². The summed E-state index contributed by atoms with van der Waals surface area (Å²) >= 11 is 0. The van der Waals surface area contributed by atoms with E-state index < -0.39 is 0 Å². The molecule has 0 radical (unpaired) electrons. The Hall–Kier alpha value is -2.63. The van der Waals surface area contributed by atoms with Gasteiger partial charge in [0.25, 0.3) is 0 Å². The molecule has 1 aromatic carbocycles. The molecule has 0 aliphatic carbocycles. The molecule has 0 spiro atoms. The zero-order chi connectivity index (χ0) is 14.1. The zero-order valence-electron chi connectivity index (χ0n) is 11.6. The number of hydrogen-bond acceptors (Lipinski definition) is 6. The Morgan fingerprint density at radius 2 is 2.05 bits per heavy atom. The second kappa shape index (κ2) is 4.80. The molecule has 0 fully saturated rings. The number of aryl methyl sites for hydroxylation is 1. The Morgan fingerprint density at radius 1 is 1.20 bits per heavy atom. The zero-order valence-corrected chi connectivity index (χ0v) is 11.6. The molecule has 6 nitrogen and oxygen atoms in total. The van der Waals surface area contributed by atoms with Crippen LogP contribution in [0.5, 0.6) is 0 Å². The van der Waals surface area contributed by atoms with Gasteiger partial charge in [-0.2, -0.15) is 0 Å². The Morgan fingerprint density at radius 3 is 2.85 bits per heavy atom. The van der Waals surface area contributed by atoms with Crippen LogP contribution in [-0.2, 0) is 0 Å². The van der Waals surface area contributed by atoms with E-state index in [9.17, 15) is 0 Å². The van der Waals surface area contributed by atoms with E-state index in [1.807, 2.05) is 50.2 Å². The molecular formula is C14H15N5O. The summed E-state index contributed by atoms with van der Waals surface area (Å²) in [5.41, 5.74) is 2.62. The van der Waals surface area contributed by atoms with Gasteiger partial charge in [-0.1, -0.05) is 0 Å². The quantitative estimate of drug-likeness (QED) is 0.788. The van der Waals surface area contributed by atoms with Crippen molar-refractivity contribution in [1.82, 2.24) is 15.0 Å². The molecule has 2 heterocycles. The molecule has 0 amide bonds. The fraction of sp³-hybridized carbons (Fsp3) is 0.214. The van der Waals surface area contributed by atoms with Crippen molar-refractivity contribution in [3.8, 4) is 0 Å². The van der Waals surface area contributed by atoms with E-state index in [2.05, 4.69) is 20.3 Å². The Labute approximate surface area is 116 Å². The number of nitrogens with one attached hydrogen (secondary N) is 1. The van der Waals surface area contributed by atoms with Gasteiger partial charge in [-0.15, -0.1) is 0 Å². The average molecular weight is 269 g/mol. The fourth-order valence-corrected chi connectivity index (χ4v) is 2.04. The summed E-state index contributed by atoms with van der Waals surface area (Å²) in [6, 6.07) is 7.76. The summed E-state index contributed by atoms with van der Waals surface area (Å²) in [6.07, 6.45) is 1.54. The molecule has 1 N–H and O–H groups in total. The molecule has 0 atom stereocenters. The van der Waals surface area contributed by atoms with E-state index in [0.29, 0.717) is 5.89 Å². The number of benzene rings is 1. The minimum Gasteiger partial charge on any atom is -0.441 e. The number of hydrogen-bond donors (Lipinski definition) is 1. The third-order valence-electron chi connectivity index (χ3n) is 3.12. The highest BCUT2D eigenvalue weighted by atomic mass is 16.3. The Kier molecular flexibility index (Phi) is 2.98. The van der Waals surface area contributed by atoms with Gasteiger partial charge in [0.05, 0.1) is 0 Å². The summed E-state index contributed by atoms with van der Waals surface area (Å²) in [5.74, 6) is 2.25. The van der Waals surface area contributed by atoms with Crippen LogP contribution in [0.1, 0.15) is 5.89 Å². The number of oxazole rings is 1. The first-order chi connectivity index (χ1) is 9.67. The fourth-order valence-electron chi connectivity index (χ4n) is 2.04. The van der Waals surface area contributed by atoms with Crippen molar-refractivity contribution in [2.24, 2.45) is 0 Å². The Balaban J connectivity index is 2.00. The summed E-state index contributed by atoms with van der Waals surface area (Å²) in [7, 11) is 3.78. The van der Waals surface area contributed by atoms with Gasteiger partial charge in [-0.3, -0.25) is 0 Å². The van der Waals surface area contributed by atoms with Gasteiger partial charge in [0.15, 0.2) is 11.5 Å². The third kappa shape index (κ3) is 2.16. The molecule has 0 aliphatic rings. The summed E-state index contributed by atoms with van der Waals surface area (Å²) in [6.45, 7) is 1.84. The van der Waals surface area contributed by atoms with Gasteiger partial charge in [0, 0.05) is 32.8 Å². The van der Waals surface area contributed by atoms with E-state index >= 15 is 0 Å². The van der Waals surface area contributed by atoms with E-state index in [0.717, 1.165) is 28.4 Å². The van der Waals surface area contributed by atoms with Crippen LogP contribution < -0.4 is 10.2 Å². The summed E-state index contributed by atoms with van der Waals surface area (Å²) < 4.78 is 5.48. The van der Waals surface area contributed by atoms with Crippen LogP contribution >= 0.6 is 0 Å². The standard InChI is InChI=1S/C14H15N5O/c1-9-18-11-6-10(4-5-12(11)20-9)19(3)14-7-13(15-2)16-8-17-14/h4-8H,1-3H3,(H,15,16,17). The van der Waals surface area contributed by atoms with Gasteiger partial charge in [0.2, 0.25) is 0 Å². The van der Waals surface area contributed by atoms with Crippen LogP contribution in [0.4, 0.5) is 17.3 Å². The first-order valence-corrected chi connectivity index (χ1v) is 6.28. The minimum atomic E-state index is 0.666. The molecule has 0 unspecified atom stereocenters. The predicted octanol–water partition coefficient (Wildman–Crippen LogP) is 2.74. The molecular weight excluding hydrogens is 254 g/mol. The lowest BCUT2D eigenvalue weighted by Crippen LogP contribution is -2.11. The topological polar surface area (TPSA) is 67.1 Å². The monoisotopic (exact) mass is 269 g/mol. The van der Waals surface area contributed by atoms with E-state index in [-0.39, 0.29) is 0 Å². The van der Waals surface area contributed by atoms with Crippen LogP contribution in [-0.4, -0.2) is 29.0 Å².